The van der Waals surface area contributed by atoms with Crippen molar-refractivity contribution in [3.63, 3.8) is 0 Å². The summed E-state index contributed by atoms with van der Waals surface area (Å²) in [5.41, 5.74) is 3.09. The third-order valence-electron chi connectivity index (χ3n) is 3.81. The molecular weight excluding hydrogens is 331 g/mol. The van der Waals surface area contributed by atoms with Crippen LogP contribution in [0.3, 0.4) is 0 Å². The number of amides is 1. The summed E-state index contributed by atoms with van der Waals surface area (Å²) in [5, 5.41) is 5.97. The zero-order valence-corrected chi connectivity index (χ0v) is 14.3. The van der Waals surface area contributed by atoms with Gasteiger partial charge in [-0.1, -0.05) is 18.2 Å². The number of nitrogens with one attached hydrogen (secondary N) is 2. The third-order valence-corrected chi connectivity index (χ3v) is 3.81. The second-order valence-corrected chi connectivity index (χ2v) is 5.79. The zero-order chi connectivity index (χ0) is 18.4. The molecule has 0 fully saturated rings. The molecule has 2 N–H and O–H groups in total. The average Bonchev–Trinajstić information content (AvgIpc) is 2.64. The van der Waals surface area contributed by atoms with Gasteiger partial charge < -0.3 is 15.4 Å². The number of carbonyl (C=O) groups excluding carboxylic acids is 1. The van der Waals surface area contributed by atoms with Crippen LogP contribution in [0.25, 0.3) is 0 Å². The van der Waals surface area contributed by atoms with Crippen LogP contribution in [-0.2, 0) is 11.2 Å². The van der Waals surface area contributed by atoms with Gasteiger partial charge in [-0.25, -0.2) is 4.39 Å². The van der Waals surface area contributed by atoms with Crippen LogP contribution in [0.15, 0.2) is 72.8 Å². The van der Waals surface area contributed by atoms with E-state index in [1.54, 1.807) is 31.4 Å². The number of halogens is 1. The van der Waals surface area contributed by atoms with Crippen LogP contribution in [0.5, 0.6) is 5.75 Å². The number of ether oxygens (including phenoxy) is 1. The highest BCUT2D eigenvalue weighted by atomic mass is 19.1. The average molecular weight is 350 g/mol. The summed E-state index contributed by atoms with van der Waals surface area (Å²) in [6.07, 6.45) is 0.285. The number of methoxy groups -OCH3 is 1. The van der Waals surface area contributed by atoms with Crippen molar-refractivity contribution in [2.24, 2.45) is 0 Å². The van der Waals surface area contributed by atoms with Gasteiger partial charge in [0.2, 0.25) is 5.91 Å². The minimum atomic E-state index is -0.294. The summed E-state index contributed by atoms with van der Waals surface area (Å²) in [5.74, 6) is 0.369. The van der Waals surface area contributed by atoms with Crippen molar-refractivity contribution in [2.75, 3.05) is 17.7 Å². The highest BCUT2D eigenvalue weighted by Crippen LogP contribution is 2.20. The van der Waals surface area contributed by atoms with Gasteiger partial charge in [0.05, 0.1) is 13.5 Å². The van der Waals surface area contributed by atoms with E-state index in [4.69, 9.17) is 4.74 Å². The van der Waals surface area contributed by atoms with Gasteiger partial charge in [0, 0.05) is 17.1 Å². The Labute approximate surface area is 151 Å². The molecule has 132 valence electrons. The van der Waals surface area contributed by atoms with Crippen LogP contribution in [0.1, 0.15) is 5.56 Å². The normalized spacial score (nSPS) is 10.2. The van der Waals surface area contributed by atoms with E-state index in [0.29, 0.717) is 11.4 Å². The summed E-state index contributed by atoms with van der Waals surface area (Å²) < 4.78 is 18.3. The zero-order valence-electron chi connectivity index (χ0n) is 14.3. The van der Waals surface area contributed by atoms with Crippen molar-refractivity contribution in [1.29, 1.82) is 0 Å². The summed E-state index contributed by atoms with van der Waals surface area (Å²) >= 11 is 0. The summed E-state index contributed by atoms with van der Waals surface area (Å²) in [6, 6.07) is 20.9. The van der Waals surface area contributed by atoms with Crippen molar-refractivity contribution in [3.05, 3.63) is 84.2 Å². The molecule has 26 heavy (non-hydrogen) atoms. The number of carbonyl (C=O) groups is 1. The van der Waals surface area contributed by atoms with Gasteiger partial charge in [0.1, 0.15) is 11.6 Å². The Morgan fingerprint density at radius 2 is 1.62 bits per heavy atom. The molecule has 0 spiro atoms. The molecule has 0 heterocycles. The van der Waals surface area contributed by atoms with Gasteiger partial charge in [-0.3, -0.25) is 4.79 Å². The van der Waals surface area contributed by atoms with E-state index < -0.39 is 0 Å². The van der Waals surface area contributed by atoms with Crippen LogP contribution < -0.4 is 15.4 Å². The lowest BCUT2D eigenvalue weighted by Crippen LogP contribution is -2.14. The maximum absolute atomic E-state index is 13.2. The molecule has 0 aliphatic rings. The fraction of sp³-hybridized carbons (Fsp3) is 0.0952. The largest absolute Gasteiger partial charge is 0.497 e. The van der Waals surface area contributed by atoms with Crippen molar-refractivity contribution in [3.8, 4) is 5.75 Å². The summed E-state index contributed by atoms with van der Waals surface area (Å²) in [4.78, 5) is 12.2. The summed E-state index contributed by atoms with van der Waals surface area (Å²) in [7, 11) is 1.61. The monoisotopic (exact) mass is 350 g/mol. The van der Waals surface area contributed by atoms with Crippen molar-refractivity contribution in [1.82, 2.24) is 0 Å². The minimum Gasteiger partial charge on any atom is -0.497 e. The molecule has 5 heteroatoms. The topological polar surface area (TPSA) is 50.4 Å². The van der Waals surface area contributed by atoms with Crippen LogP contribution in [-0.4, -0.2) is 13.0 Å². The maximum Gasteiger partial charge on any atom is 0.228 e. The van der Waals surface area contributed by atoms with E-state index in [1.165, 1.54) is 12.1 Å². The molecule has 0 aliphatic heterocycles. The molecule has 3 aromatic rings. The first-order valence-electron chi connectivity index (χ1n) is 8.18. The first-order chi connectivity index (χ1) is 12.6. The second-order valence-electron chi connectivity index (χ2n) is 5.79. The molecule has 0 saturated carbocycles. The molecule has 0 bridgehead atoms. The van der Waals surface area contributed by atoms with Gasteiger partial charge in [-0.2, -0.15) is 0 Å². The maximum atomic E-state index is 13.2. The van der Waals surface area contributed by atoms with E-state index >= 15 is 0 Å². The summed E-state index contributed by atoms with van der Waals surface area (Å²) in [6.45, 7) is 0. The number of hydrogen-bond acceptors (Lipinski definition) is 3. The van der Waals surface area contributed by atoms with Gasteiger partial charge in [-0.05, 0) is 60.2 Å². The number of benzene rings is 3. The highest BCUT2D eigenvalue weighted by Gasteiger charge is 2.05. The lowest BCUT2D eigenvalue weighted by molar-refractivity contribution is -0.115. The number of rotatable bonds is 6. The number of anilines is 3. The molecule has 0 aromatic heterocycles. The predicted octanol–water partition coefficient (Wildman–Crippen LogP) is 4.76. The standard InChI is InChI=1S/C21H19FN2O2/c1-26-20-11-5-15(6-12-20)13-21(25)24-18-9-7-17(8-10-18)23-19-4-2-3-16(22)14-19/h2-12,14,23H,13H2,1H3,(H,24,25). The lowest BCUT2D eigenvalue weighted by atomic mass is 10.1. The Bertz CT molecular complexity index is 877. The molecule has 1 amide bonds. The first-order valence-corrected chi connectivity index (χ1v) is 8.18. The van der Waals surface area contributed by atoms with Crippen molar-refractivity contribution < 1.29 is 13.9 Å². The lowest BCUT2D eigenvalue weighted by Gasteiger charge is -2.09. The molecule has 0 saturated heterocycles. The first kappa shape index (κ1) is 17.5. The van der Waals surface area contributed by atoms with E-state index in [1.807, 2.05) is 36.4 Å². The molecular formula is C21H19FN2O2. The smallest absolute Gasteiger partial charge is 0.228 e. The fourth-order valence-corrected chi connectivity index (χ4v) is 2.50. The Hall–Kier alpha value is -3.34. The van der Waals surface area contributed by atoms with Crippen LogP contribution >= 0.6 is 0 Å². The molecule has 0 radical (unpaired) electrons. The van der Waals surface area contributed by atoms with Crippen molar-refractivity contribution >= 4 is 23.0 Å². The Morgan fingerprint density at radius 1 is 0.923 bits per heavy atom. The van der Waals surface area contributed by atoms with E-state index in [0.717, 1.165) is 17.0 Å². The molecule has 3 aromatic carbocycles. The Kier molecular flexibility index (Phi) is 5.49. The Balaban J connectivity index is 1.57. The second kappa shape index (κ2) is 8.16. The third kappa shape index (κ3) is 4.83. The molecule has 4 nitrogen and oxygen atoms in total. The van der Waals surface area contributed by atoms with Crippen LogP contribution in [0, 0.1) is 5.82 Å². The van der Waals surface area contributed by atoms with Gasteiger partial charge >= 0.3 is 0 Å². The van der Waals surface area contributed by atoms with Crippen LogP contribution in [0.2, 0.25) is 0 Å². The number of hydrogen-bond donors (Lipinski definition) is 2. The van der Waals surface area contributed by atoms with E-state index in [-0.39, 0.29) is 18.1 Å². The van der Waals surface area contributed by atoms with E-state index in [9.17, 15) is 9.18 Å². The quantitative estimate of drug-likeness (QED) is 0.674. The SMILES string of the molecule is COc1ccc(CC(=O)Nc2ccc(Nc3cccc(F)c3)cc2)cc1. The van der Waals surface area contributed by atoms with Crippen molar-refractivity contribution in [2.45, 2.75) is 6.42 Å². The molecule has 0 unspecified atom stereocenters. The molecule has 0 atom stereocenters. The van der Waals surface area contributed by atoms with Gasteiger partial charge in [0.25, 0.3) is 0 Å². The molecule has 3 rings (SSSR count). The van der Waals surface area contributed by atoms with E-state index in [2.05, 4.69) is 10.6 Å². The van der Waals surface area contributed by atoms with Crippen LogP contribution in [0.4, 0.5) is 21.5 Å². The highest BCUT2D eigenvalue weighted by molar-refractivity contribution is 5.92. The minimum absolute atomic E-state index is 0.0963. The molecule has 0 aliphatic carbocycles. The van der Waals surface area contributed by atoms with Gasteiger partial charge in [0.15, 0.2) is 0 Å². The van der Waals surface area contributed by atoms with Gasteiger partial charge in [-0.15, -0.1) is 0 Å². The predicted molar refractivity (Wildman–Crippen MR) is 101 cm³/mol. The Morgan fingerprint density at radius 3 is 2.27 bits per heavy atom. The fourth-order valence-electron chi connectivity index (χ4n) is 2.50.